The van der Waals surface area contributed by atoms with Crippen molar-refractivity contribution in [3.05, 3.63) is 23.0 Å². The van der Waals surface area contributed by atoms with E-state index in [4.69, 9.17) is 5.11 Å². The summed E-state index contributed by atoms with van der Waals surface area (Å²) in [5.74, 6) is 0.178. The molecular formula is C10H16N2O2. The summed E-state index contributed by atoms with van der Waals surface area (Å²) in [5.41, 5.74) is 2.01. The number of aromatic hydroxyl groups is 1. The number of hydrogen-bond acceptors (Lipinski definition) is 4. The van der Waals surface area contributed by atoms with E-state index in [1.807, 2.05) is 6.92 Å². The highest BCUT2D eigenvalue weighted by Crippen LogP contribution is 2.23. The summed E-state index contributed by atoms with van der Waals surface area (Å²) in [5, 5.41) is 21.9. The van der Waals surface area contributed by atoms with Gasteiger partial charge in [-0.05, 0) is 13.5 Å². The molecule has 0 spiro atoms. The minimum absolute atomic E-state index is 0.0957. The fourth-order valence-electron chi connectivity index (χ4n) is 1.27. The number of aryl methyl sites for hydroxylation is 1. The highest BCUT2D eigenvalue weighted by molar-refractivity contribution is 5.40. The van der Waals surface area contributed by atoms with Gasteiger partial charge in [0.25, 0.3) is 0 Å². The first kappa shape index (κ1) is 10.9. The first-order chi connectivity index (χ1) is 6.70. The zero-order valence-electron chi connectivity index (χ0n) is 8.54. The van der Waals surface area contributed by atoms with E-state index < -0.39 is 0 Å². The van der Waals surface area contributed by atoms with Gasteiger partial charge >= 0.3 is 0 Å². The third-order valence-corrected chi connectivity index (χ3v) is 2.15. The molecule has 0 radical (unpaired) electrons. The van der Waals surface area contributed by atoms with E-state index >= 15 is 0 Å². The molecule has 0 atom stereocenters. The minimum atomic E-state index is -0.0957. The number of aliphatic hydroxyl groups is 1. The zero-order chi connectivity index (χ0) is 10.6. The topological polar surface area (TPSA) is 65.4 Å². The van der Waals surface area contributed by atoms with Gasteiger partial charge in [-0.15, -0.1) is 0 Å². The van der Waals surface area contributed by atoms with E-state index in [0.29, 0.717) is 17.8 Å². The van der Waals surface area contributed by atoms with Gasteiger partial charge in [0, 0.05) is 23.9 Å². The third kappa shape index (κ3) is 2.21. The van der Waals surface area contributed by atoms with Crippen LogP contribution in [0.25, 0.3) is 0 Å². The fraction of sp³-hybridized carbons (Fsp3) is 0.500. The van der Waals surface area contributed by atoms with Crippen molar-refractivity contribution in [3.63, 3.8) is 0 Å². The van der Waals surface area contributed by atoms with Crippen LogP contribution >= 0.6 is 0 Å². The van der Waals surface area contributed by atoms with Crippen LogP contribution in [0, 0.1) is 6.92 Å². The standard InChI is InChI=1S/C10H16N2O2/c1-3-11-5-9-8(6-13)4-12-7(2)10(9)14/h4,11,13-14H,3,5-6H2,1-2H3. The van der Waals surface area contributed by atoms with E-state index in [0.717, 1.165) is 12.1 Å². The van der Waals surface area contributed by atoms with Crippen LogP contribution in [0.3, 0.4) is 0 Å². The molecule has 1 heterocycles. The van der Waals surface area contributed by atoms with Crippen molar-refractivity contribution >= 4 is 0 Å². The molecule has 78 valence electrons. The van der Waals surface area contributed by atoms with E-state index in [2.05, 4.69) is 10.3 Å². The van der Waals surface area contributed by atoms with Crippen molar-refractivity contribution < 1.29 is 10.2 Å². The maximum atomic E-state index is 9.72. The van der Waals surface area contributed by atoms with E-state index in [1.54, 1.807) is 13.1 Å². The molecule has 1 rings (SSSR count). The molecule has 0 aliphatic rings. The first-order valence-electron chi connectivity index (χ1n) is 4.68. The van der Waals surface area contributed by atoms with Crippen molar-refractivity contribution in [3.8, 4) is 5.75 Å². The highest BCUT2D eigenvalue weighted by Gasteiger charge is 2.09. The number of hydrogen-bond donors (Lipinski definition) is 3. The lowest BCUT2D eigenvalue weighted by molar-refractivity contribution is 0.278. The first-order valence-corrected chi connectivity index (χ1v) is 4.68. The molecule has 0 fully saturated rings. The Morgan fingerprint density at radius 3 is 2.79 bits per heavy atom. The summed E-state index contributed by atoms with van der Waals surface area (Å²) in [7, 11) is 0. The van der Waals surface area contributed by atoms with Crippen LogP contribution in [-0.2, 0) is 13.2 Å². The molecular weight excluding hydrogens is 180 g/mol. The highest BCUT2D eigenvalue weighted by atomic mass is 16.3. The van der Waals surface area contributed by atoms with Crippen LogP contribution in [0.4, 0.5) is 0 Å². The van der Waals surface area contributed by atoms with Gasteiger partial charge in [-0.3, -0.25) is 4.98 Å². The van der Waals surface area contributed by atoms with Crippen LogP contribution < -0.4 is 5.32 Å². The number of nitrogens with zero attached hydrogens (tertiary/aromatic N) is 1. The Labute approximate surface area is 83.6 Å². The summed E-state index contributed by atoms with van der Waals surface area (Å²) in [4.78, 5) is 3.98. The molecule has 0 saturated carbocycles. The molecule has 4 heteroatoms. The second-order valence-electron chi connectivity index (χ2n) is 3.13. The lowest BCUT2D eigenvalue weighted by atomic mass is 10.1. The zero-order valence-corrected chi connectivity index (χ0v) is 8.54. The Hall–Kier alpha value is -1.13. The maximum absolute atomic E-state index is 9.72. The summed E-state index contributed by atoms with van der Waals surface area (Å²) in [6.45, 7) is 5.02. The lowest BCUT2D eigenvalue weighted by Gasteiger charge is -2.11. The number of aliphatic hydroxyl groups excluding tert-OH is 1. The smallest absolute Gasteiger partial charge is 0.141 e. The van der Waals surface area contributed by atoms with Crippen molar-refractivity contribution in [1.82, 2.24) is 10.3 Å². The van der Waals surface area contributed by atoms with Gasteiger partial charge in [0.05, 0.1) is 12.3 Å². The summed E-state index contributed by atoms with van der Waals surface area (Å²) < 4.78 is 0. The average molecular weight is 196 g/mol. The average Bonchev–Trinajstić information content (AvgIpc) is 2.20. The van der Waals surface area contributed by atoms with Gasteiger partial charge in [0.1, 0.15) is 5.75 Å². The molecule has 3 N–H and O–H groups in total. The van der Waals surface area contributed by atoms with Crippen LogP contribution in [0.5, 0.6) is 5.75 Å². The number of aromatic nitrogens is 1. The van der Waals surface area contributed by atoms with E-state index in [1.165, 1.54) is 0 Å². The van der Waals surface area contributed by atoms with E-state index in [-0.39, 0.29) is 12.4 Å². The van der Waals surface area contributed by atoms with Crippen molar-refractivity contribution in [2.45, 2.75) is 27.0 Å². The van der Waals surface area contributed by atoms with Crippen LogP contribution in [0.1, 0.15) is 23.7 Å². The minimum Gasteiger partial charge on any atom is -0.506 e. The van der Waals surface area contributed by atoms with Gasteiger partial charge in [0.2, 0.25) is 0 Å². The molecule has 0 aliphatic carbocycles. The molecule has 0 bridgehead atoms. The quantitative estimate of drug-likeness (QED) is 0.663. The Morgan fingerprint density at radius 1 is 1.50 bits per heavy atom. The molecule has 1 aromatic rings. The molecule has 4 nitrogen and oxygen atoms in total. The SMILES string of the molecule is CCNCc1c(CO)cnc(C)c1O. The molecule has 0 amide bonds. The molecule has 0 unspecified atom stereocenters. The second-order valence-corrected chi connectivity index (χ2v) is 3.13. The normalized spacial score (nSPS) is 10.5. The number of pyridine rings is 1. The van der Waals surface area contributed by atoms with Gasteiger partial charge in [-0.2, -0.15) is 0 Å². The van der Waals surface area contributed by atoms with Crippen LogP contribution in [0.15, 0.2) is 6.20 Å². The van der Waals surface area contributed by atoms with Gasteiger partial charge in [-0.1, -0.05) is 6.92 Å². The van der Waals surface area contributed by atoms with Crippen molar-refractivity contribution in [2.24, 2.45) is 0 Å². The van der Waals surface area contributed by atoms with Crippen molar-refractivity contribution in [2.75, 3.05) is 6.54 Å². The largest absolute Gasteiger partial charge is 0.506 e. The van der Waals surface area contributed by atoms with Gasteiger partial charge in [0.15, 0.2) is 0 Å². The van der Waals surface area contributed by atoms with Crippen LogP contribution in [0.2, 0.25) is 0 Å². The Balaban J connectivity index is 3.01. The van der Waals surface area contributed by atoms with Crippen molar-refractivity contribution in [1.29, 1.82) is 0 Å². The molecule has 0 saturated heterocycles. The van der Waals surface area contributed by atoms with Crippen LogP contribution in [-0.4, -0.2) is 21.7 Å². The summed E-state index contributed by atoms with van der Waals surface area (Å²) >= 11 is 0. The maximum Gasteiger partial charge on any atom is 0.141 e. The third-order valence-electron chi connectivity index (χ3n) is 2.15. The van der Waals surface area contributed by atoms with Gasteiger partial charge < -0.3 is 15.5 Å². The molecule has 0 aromatic carbocycles. The predicted molar refractivity (Wildman–Crippen MR) is 53.9 cm³/mol. The molecule has 1 aromatic heterocycles. The predicted octanol–water partition coefficient (Wildman–Crippen LogP) is 0.697. The van der Waals surface area contributed by atoms with Gasteiger partial charge in [-0.25, -0.2) is 0 Å². The fourth-order valence-corrected chi connectivity index (χ4v) is 1.27. The Bertz CT molecular complexity index is 313. The summed E-state index contributed by atoms with van der Waals surface area (Å²) in [6.07, 6.45) is 1.60. The monoisotopic (exact) mass is 196 g/mol. The summed E-state index contributed by atoms with van der Waals surface area (Å²) in [6, 6.07) is 0. The Morgan fingerprint density at radius 2 is 2.21 bits per heavy atom. The lowest BCUT2D eigenvalue weighted by Crippen LogP contribution is -2.14. The number of nitrogens with one attached hydrogen (secondary N) is 1. The second kappa shape index (κ2) is 4.93. The molecule has 14 heavy (non-hydrogen) atoms. The molecule has 0 aliphatic heterocycles. The Kier molecular flexibility index (Phi) is 3.85. The van der Waals surface area contributed by atoms with E-state index in [9.17, 15) is 5.11 Å². The number of rotatable bonds is 4.